The van der Waals surface area contributed by atoms with Crippen molar-refractivity contribution in [3.8, 4) is 0 Å². The van der Waals surface area contributed by atoms with Crippen LogP contribution in [0, 0.1) is 0 Å². The standard InChI is InChI=1S/C22H35NO4/c1-2-3-4-5-6-7-8-9-10-11-12-13-14-15-16-17-22(26)27-23-20(24)18-19-21(23)25/h6-9H,2-5,10-19H2,1H3/b7-6+,9-8+. The highest BCUT2D eigenvalue weighted by atomic mass is 16.7. The highest BCUT2D eigenvalue weighted by Gasteiger charge is 2.32. The Kier molecular flexibility index (Phi) is 13.0. The Morgan fingerprint density at radius 2 is 1.37 bits per heavy atom. The highest BCUT2D eigenvalue weighted by Crippen LogP contribution is 2.14. The quantitative estimate of drug-likeness (QED) is 0.217. The van der Waals surface area contributed by atoms with Gasteiger partial charge in [-0.25, -0.2) is 4.79 Å². The van der Waals surface area contributed by atoms with Gasteiger partial charge in [0, 0.05) is 19.3 Å². The van der Waals surface area contributed by atoms with Gasteiger partial charge in [-0.05, 0) is 32.1 Å². The first-order chi connectivity index (χ1) is 13.1. The molecule has 0 aromatic rings. The minimum atomic E-state index is -0.494. The van der Waals surface area contributed by atoms with E-state index in [4.69, 9.17) is 4.84 Å². The number of imide groups is 1. The second kappa shape index (κ2) is 15.2. The molecule has 5 heteroatoms. The minimum absolute atomic E-state index is 0.135. The number of nitrogens with zero attached hydrogens (tertiary/aromatic N) is 1. The maximum atomic E-state index is 11.6. The molecule has 0 atom stereocenters. The number of amides is 2. The predicted molar refractivity (Wildman–Crippen MR) is 107 cm³/mol. The van der Waals surface area contributed by atoms with Crippen molar-refractivity contribution < 1.29 is 19.2 Å². The molecule has 1 saturated heterocycles. The van der Waals surface area contributed by atoms with Crippen LogP contribution in [0.2, 0.25) is 0 Å². The third-order valence-electron chi connectivity index (χ3n) is 4.56. The van der Waals surface area contributed by atoms with E-state index < -0.39 is 17.8 Å². The number of carbonyl (C=O) groups excluding carboxylic acids is 3. The van der Waals surface area contributed by atoms with E-state index in [1.54, 1.807) is 0 Å². The summed E-state index contributed by atoms with van der Waals surface area (Å²) in [5.41, 5.74) is 0. The van der Waals surface area contributed by atoms with Gasteiger partial charge >= 0.3 is 5.97 Å². The largest absolute Gasteiger partial charge is 0.333 e. The van der Waals surface area contributed by atoms with Crippen LogP contribution in [-0.2, 0) is 19.2 Å². The van der Waals surface area contributed by atoms with E-state index in [0.29, 0.717) is 5.06 Å². The minimum Gasteiger partial charge on any atom is -0.330 e. The van der Waals surface area contributed by atoms with E-state index in [0.717, 1.165) is 25.7 Å². The van der Waals surface area contributed by atoms with Crippen LogP contribution in [0.3, 0.4) is 0 Å². The van der Waals surface area contributed by atoms with Crippen molar-refractivity contribution in [3.63, 3.8) is 0 Å². The number of unbranched alkanes of at least 4 members (excludes halogenated alkanes) is 9. The van der Waals surface area contributed by atoms with E-state index in [2.05, 4.69) is 31.2 Å². The van der Waals surface area contributed by atoms with Gasteiger partial charge < -0.3 is 4.84 Å². The van der Waals surface area contributed by atoms with Gasteiger partial charge in [0.05, 0.1) is 0 Å². The molecule has 1 heterocycles. The van der Waals surface area contributed by atoms with E-state index in [9.17, 15) is 14.4 Å². The molecule has 0 saturated carbocycles. The van der Waals surface area contributed by atoms with Crippen molar-refractivity contribution in [1.82, 2.24) is 5.06 Å². The average molecular weight is 378 g/mol. The highest BCUT2D eigenvalue weighted by molar-refractivity contribution is 6.01. The molecule has 0 unspecified atom stereocenters. The van der Waals surface area contributed by atoms with Gasteiger partial charge in [-0.2, -0.15) is 0 Å². The van der Waals surface area contributed by atoms with Gasteiger partial charge in [0.15, 0.2) is 0 Å². The molecule has 0 N–H and O–H groups in total. The van der Waals surface area contributed by atoms with Crippen LogP contribution in [-0.4, -0.2) is 22.8 Å². The molecule has 0 aliphatic carbocycles. The fourth-order valence-electron chi connectivity index (χ4n) is 2.91. The Morgan fingerprint density at radius 1 is 0.852 bits per heavy atom. The first kappa shape index (κ1) is 23.1. The molecule has 5 nitrogen and oxygen atoms in total. The monoisotopic (exact) mass is 377 g/mol. The summed E-state index contributed by atoms with van der Waals surface area (Å²) in [7, 11) is 0. The van der Waals surface area contributed by atoms with Crippen LogP contribution >= 0.6 is 0 Å². The summed E-state index contributed by atoms with van der Waals surface area (Å²) in [5, 5.41) is 0.621. The number of hydrogen-bond donors (Lipinski definition) is 0. The van der Waals surface area contributed by atoms with E-state index in [1.165, 1.54) is 44.9 Å². The Balaban J connectivity index is 1.89. The predicted octanol–water partition coefficient (Wildman–Crippen LogP) is 5.41. The summed E-state index contributed by atoms with van der Waals surface area (Å²) in [6.07, 6.45) is 21.8. The second-order valence-electron chi connectivity index (χ2n) is 7.06. The number of hydrogen-bond acceptors (Lipinski definition) is 4. The lowest BCUT2D eigenvalue weighted by molar-refractivity contribution is -0.197. The third-order valence-corrected chi connectivity index (χ3v) is 4.56. The average Bonchev–Trinajstić information content (AvgIpc) is 2.97. The maximum absolute atomic E-state index is 11.6. The summed E-state index contributed by atoms with van der Waals surface area (Å²) in [5.74, 6) is -1.34. The van der Waals surface area contributed by atoms with Crippen molar-refractivity contribution >= 4 is 17.8 Å². The number of hydroxylamine groups is 2. The third kappa shape index (κ3) is 11.4. The van der Waals surface area contributed by atoms with Crippen LogP contribution in [0.4, 0.5) is 0 Å². The molecule has 152 valence electrons. The van der Waals surface area contributed by atoms with Crippen LogP contribution in [0.5, 0.6) is 0 Å². The Hall–Kier alpha value is -1.91. The van der Waals surface area contributed by atoms with Gasteiger partial charge in [0.1, 0.15) is 0 Å². The van der Waals surface area contributed by atoms with Crippen LogP contribution in [0.15, 0.2) is 24.3 Å². The van der Waals surface area contributed by atoms with Gasteiger partial charge in [-0.1, -0.05) is 69.8 Å². The SMILES string of the molecule is CCCCC/C=C/C=C/CCCCCCCCC(=O)ON1C(=O)CCC1=O. The van der Waals surface area contributed by atoms with Crippen LogP contribution < -0.4 is 0 Å². The molecule has 1 fully saturated rings. The van der Waals surface area contributed by atoms with Crippen molar-refractivity contribution in [2.75, 3.05) is 0 Å². The van der Waals surface area contributed by atoms with Crippen molar-refractivity contribution in [2.24, 2.45) is 0 Å². The second-order valence-corrected chi connectivity index (χ2v) is 7.06. The van der Waals surface area contributed by atoms with E-state index in [1.807, 2.05) is 0 Å². The molecule has 0 bridgehead atoms. The number of allylic oxidation sites excluding steroid dienone is 4. The zero-order valence-corrected chi connectivity index (χ0v) is 16.8. The lowest BCUT2D eigenvalue weighted by Crippen LogP contribution is -2.31. The van der Waals surface area contributed by atoms with Gasteiger partial charge in [0.25, 0.3) is 11.8 Å². The smallest absolute Gasteiger partial charge is 0.330 e. The summed E-state index contributed by atoms with van der Waals surface area (Å²) >= 11 is 0. The fraction of sp³-hybridized carbons (Fsp3) is 0.682. The molecule has 0 aromatic heterocycles. The Labute approximate surface area is 163 Å². The zero-order chi connectivity index (χ0) is 19.7. The summed E-state index contributed by atoms with van der Waals surface area (Å²) < 4.78 is 0. The molecule has 1 aliphatic rings. The molecule has 27 heavy (non-hydrogen) atoms. The van der Waals surface area contributed by atoms with E-state index in [-0.39, 0.29) is 19.3 Å². The maximum Gasteiger partial charge on any atom is 0.333 e. The first-order valence-electron chi connectivity index (χ1n) is 10.5. The first-order valence-corrected chi connectivity index (χ1v) is 10.5. The Morgan fingerprint density at radius 3 is 1.96 bits per heavy atom. The molecule has 0 aromatic carbocycles. The summed E-state index contributed by atoms with van der Waals surface area (Å²) in [6.45, 7) is 2.22. The van der Waals surface area contributed by atoms with Crippen molar-refractivity contribution in [3.05, 3.63) is 24.3 Å². The fourth-order valence-corrected chi connectivity index (χ4v) is 2.91. The van der Waals surface area contributed by atoms with Gasteiger partial charge in [0.2, 0.25) is 0 Å². The summed E-state index contributed by atoms with van der Waals surface area (Å²) in [4.78, 5) is 39.2. The summed E-state index contributed by atoms with van der Waals surface area (Å²) in [6, 6.07) is 0. The molecule has 2 amide bonds. The van der Waals surface area contributed by atoms with Crippen LogP contribution in [0.1, 0.15) is 96.8 Å². The normalized spacial score (nSPS) is 14.8. The molecule has 1 rings (SSSR count). The molecular formula is C22H35NO4. The van der Waals surface area contributed by atoms with Crippen LogP contribution in [0.25, 0.3) is 0 Å². The lowest BCUT2D eigenvalue weighted by Gasteiger charge is -2.12. The Bertz CT molecular complexity index is 494. The van der Waals surface area contributed by atoms with Gasteiger partial charge in [-0.15, -0.1) is 5.06 Å². The molecule has 0 radical (unpaired) electrons. The topological polar surface area (TPSA) is 63.7 Å². The van der Waals surface area contributed by atoms with Crippen molar-refractivity contribution in [1.29, 1.82) is 0 Å². The van der Waals surface area contributed by atoms with E-state index >= 15 is 0 Å². The van der Waals surface area contributed by atoms with Crippen molar-refractivity contribution in [2.45, 2.75) is 96.8 Å². The lowest BCUT2D eigenvalue weighted by atomic mass is 10.1. The van der Waals surface area contributed by atoms with Gasteiger partial charge in [-0.3, -0.25) is 9.59 Å². The molecule has 1 aliphatic heterocycles. The number of rotatable bonds is 15. The number of carbonyl (C=O) groups is 3. The molecule has 0 spiro atoms. The molecular weight excluding hydrogens is 342 g/mol. The zero-order valence-electron chi connectivity index (χ0n) is 16.8.